The fourth-order valence-electron chi connectivity index (χ4n) is 2.87. The Hall–Kier alpha value is -1.46. The molecule has 2 rings (SSSR count). The van der Waals surface area contributed by atoms with E-state index in [1.54, 1.807) is 21.3 Å². The van der Waals surface area contributed by atoms with E-state index in [1.807, 2.05) is 6.07 Å². The molecule has 0 spiro atoms. The van der Waals surface area contributed by atoms with Crippen molar-refractivity contribution in [2.24, 2.45) is 5.73 Å². The molecule has 1 aromatic carbocycles. The summed E-state index contributed by atoms with van der Waals surface area (Å²) < 4.78 is 16.1. The molecule has 0 bridgehead atoms. The number of fused-ring (bicyclic) bond motifs is 1. The van der Waals surface area contributed by atoms with Gasteiger partial charge in [0.15, 0.2) is 11.5 Å². The highest BCUT2D eigenvalue weighted by Gasteiger charge is 2.35. The summed E-state index contributed by atoms with van der Waals surface area (Å²) in [7, 11) is 4.72. The average Bonchev–Trinajstić information content (AvgIpc) is 2.73. The second kappa shape index (κ2) is 5.67. The van der Waals surface area contributed by atoms with Crippen LogP contribution in [0, 0.1) is 0 Å². The zero-order chi connectivity index (χ0) is 14.0. The molecule has 0 amide bonds. The van der Waals surface area contributed by atoms with E-state index in [2.05, 4.69) is 0 Å². The number of aliphatic hydroxyl groups is 1. The van der Waals surface area contributed by atoms with E-state index in [1.165, 1.54) is 0 Å². The minimum atomic E-state index is -0.540. The van der Waals surface area contributed by atoms with Crippen LogP contribution in [0.2, 0.25) is 0 Å². The summed E-state index contributed by atoms with van der Waals surface area (Å²) in [4.78, 5) is 0. The molecule has 0 radical (unpaired) electrons. The summed E-state index contributed by atoms with van der Waals surface area (Å²) in [5, 5.41) is 10.3. The Balaban J connectivity index is 2.60. The summed E-state index contributed by atoms with van der Waals surface area (Å²) in [6.07, 6.45) is 0.961. The van der Waals surface area contributed by atoms with Crippen LogP contribution in [-0.4, -0.2) is 33.0 Å². The summed E-state index contributed by atoms with van der Waals surface area (Å²) >= 11 is 0. The van der Waals surface area contributed by atoms with Crippen molar-refractivity contribution in [1.29, 1.82) is 0 Å². The molecule has 0 saturated carbocycles. The molecule has 2 atom stereocenters. The molecule has 0 heterocycles. The number of rotatable bonds is 5. The maximum atomic E-state index is 10.3. The number of hydrogen-bond donors (Lipinski definition) is 2. The summed E-state index contributed by atoms with van der Waals surface area (Å²) in [5.41, 5.74) is 7.49. The highest BCUT2D eigenvalue weighted by atomic mass is 16.5. The van der Waals surface area contributed by atoms with Crippen molar-refractivity contribution in [3.63, 3.8) is 0 Å². The second-order valence-corrected chi connectivity index (χ2v) is 4.67. The van der Waals surface area contributed by atoms with Crippen molar-refractivity contribution >= 4 is 0 Å². The predicted molar refractivity (Wildman–Crippen MR) is 72.1 cm³/mol. The van der Waals surface area contributed by atoms with Crippen LogP contribution in [0.1, 0.15) is 36.0 Å². The molecule has 5 nitrogen and oxygen atoms in total. The quantitative estimate of drug-likeness (QED) is 0.847. The van der Waals surface area contributed by atoms with Gasteiger partial charge in [-0.15, -0.1) is 0 Å². The maximum Gasteiger partial charge on any atom is 0.203 e. The predicted octanol–water partition coefficient (Wildman–Crippen LogP) is 1.58. The molecule has 1 aliphatic carbocycles. The number of benzene rings is 1. The number of nitrogens with two attached hydrogens (primary N) is 1. The van der Waals surface area contributed by atoms with Crippen molar-refractivity contribution in [1.82, 2.24) is 0 Å². The van der Waals surface area contributed by atoms with Crippen LogP contribution in [0.3, 0.4) is 0 Å². The smallest absolute Gasteiger partial charge is 0.203 e. The van der Waals surface area contributed by atoms with Gasteiger partial charge >= 0.3 is 0 Å². The molecule has 0 fully saturated rings. The summed E-state index contributed by atoms with van der Waals surface area (Å²) in [5.74, 6) is 1.94. The minimum absolute atomic E-state index is 0.240. The molecule has 3 N–H and O–H groups in total. The normalized spacial score (nSPS) is 21.1. The third-order valence-corrected chi connectivity index (χ3v) is 3.70. The topological polar surface area (TPSA) is 73.9 Å². The molecule has 0 aliphatic heterocycles. The lowest BCUT2D eigenvalue weighted by Crippen LogP contribution is -2.05. The Bertz CT molecular complexity index is 461. The first-order chi connectivity index (χ1) is 9.17. The van der Waals surface area contributed by atoms with Crippen molar-refractivity contribution in [3.8, 4) is 17.2 Å². The Morgan fingerprint density at radius 1 is 1.21 bits per heavy atom. The second-order valence-electron chi connectivity index (χ2n) is 4.67. The van der Waals surface area contributed by atoms with Crippen LogP contribution in [0.4, 0.5) is 0 Å². The van der Waals surface area contributed by atoms with Gasteiger partial charge in [-0.3, -0.25) is 0 Å². The van der Waals surface area contributed by atoms with Crippen molar-refractivity contribution in [3.05, 3.63) is 17.2 Å². The lowest BCUT2D eigenvalue weighted by atomic mass is 9.97. The lowest BCUT2D eigenvalue weighted by molar-refractivity contribution is 0.168. The molecule has 1 aliphatic rings. The highest BCUT2D eigenvalue weighted by molar-refractivity contribution is 5.62. The monoisotopic (exact) mass is 267 g/mol. The van der Waals surface area contributed by atoms with Gasteiger partial charge in [-0.05, 0) is 36.9 Å². The van der Waals surface area contributed by atoms with Gasteiger partial charge in [0.05, 0.1) is 27.4 Å². The average molecular weight is 267 g/mol. The van der Waals surface area contributed by atoms with Gasteiger partial charge in [-0.2, -0.15) is 0 Å². The Labute approximate surface area is 113 Å². The zero-order valence-corrected chi connectivity index (χ0v) is 11.6. The number of ether oxygens (including phenoxy) is 3. The van der Waals surface area contributed by atoms with Crippen LogP contribution < -0.4 is 19.9 Å². The zero-order valence-electron chi connectivity index (χ0n) is 11.6. The first kappa shape index (κ1) is 14.0. The molecule has 5 heteroatoms. The molecule has 106 valence electrons. The molecule has 0 saturated heterocycles. The van der Waals surface area contributed by atoms with E-state index in [9.17, 15) is 5.11 Å². The van der Waals surface area contributed by atoms with E-state index < -0.39 is 6.10 Å². The van der Waals surface area contributed by atoms with Crippen LogP contribution >= 0.6 is 0 Å². The van der Waals surface area contributed by atoms with Gasteiger partial charge in [-0.25, -0.2) is 0 Å². The largest absolute Gasteiger partial charge is 0.493 e. The van der Waals surface area contributed by atoms with E-state index >= 15 is 0 Å². The van der Waals surface area contributed by atoms with Gasteiger partial charge in [0.25, 0.3) is 0 Å². The van der Waals surface area contributed by atoms with Crippen LogP contribution in [0.25, 0.3) is 0 Å². The Morgan fingerprint density at radius 2 is 1.89 bits per heavy atom. The van der Waals surface area contributed by atoms with Gasteiger partial charge < -0.3 is 25.1 Å². The van der Waals surface area contributed by atoms with Gasteiger partial charge in [0, 0.05) is 5.56 Å². The fraction of sp³-hybridized carbons (Fsp3) is 0.571. The van der Waals surface area contributed by atoms with E-state index in [0.29, 0.717) is 30.2 Å². The number of methoxy groups -OCH3 is 3. The van der Waals surface area contributed by atoms with Crippen LogP contribution in [0.15, 0.2) is 6.07 Å². The van der Waals surface area contributed by atoms with Crippen molar-refractivity contribution in [2.45, 2.75) is 24.9 Å². The molecule has 1 aromatic rings. The lowest BCUT2D eigenvalue weighted by Gasteiger charge is -2.18. The van der Waals surface area contributed by atoms with Gasteiger partial charge in [0.1, 0.15) is 0 Å². The summed E-state index contributed by atoms with van der Waals surface area (Å²) in [6.45, 7) is 0.591. The van der Waals surface area contributed by atoms with Crippen molar-refractivity contribution in [2.75, 3.05) is 27.9 Å². The highest BCUT2D eigenvalue weighted by Crippen LogP contribution is 2.53. The molecule has 19 heavy (non-hydrogen) atoms. The van der Waals surface area contributed by atoms with E-state index in [0.717, 1.165) is 17.5 Å². The van der Waals surface area contributed by atoms with Crippen molar-refractivity contribution < 1.29 is 19.3 Å². The fourth-order valence-corrected chi connectivity index (χ4v) is 2.87. The number of hydrogen-bond acceptors (Lipinski definition) is 5. The third-order valence-electron chi connectivity index (χ3n) is 3.70. The maximum absolute atomic E-state index is 10.3. The van der Waals surface area contributed by atoms with Gasteiger partial charge in [0.2, 0.25) is 5.75 Å². The molecule has 0 aromatic heterocycles. The Morgan fingerprint density at radius 3 is 2.42 bits per heavy atom. The standard InChI is InChI=1S/C14H21NO4/c1-17-11-7-9-8(4-5-15)6-10(16)12(9)14(19-3)13(11)18-2/h7-8,10,16H,4-6,15H2,1-3H3. The summed E-state index contributed by atoms with van der Waals surface area (Å²) in [6, 6.07) is 1.92. The molecular formula is C14H21NO4. The van der Waals surface area contributed by atoms with E-state index in [-0.39, 0.29) is 5.92 Å². The van der Waals surface area contributed by atoms with Crippen LogP contribution in [-0.2, 0) is 0 Å². The minimum Gasteiger partial charge on any atom is -0.493 e. The van der Waals surface area contributed by atoms with E-state index in [4.69, 9.17) is 19.9 Å². The van der Waals surface area contributed by atoms with Gasteiger partial charge in [-0.1, -0.05) is 0 Å². The third kappa shape index (κ3) is 2.24. The van der Waals surface area contributed by atoms with Crippen LogP contribution in [0.5, 0.6) is 17.2 Å². The SMILES string of the molecule is COc1cc2c(c(OC)c1OC)C(O)CC2CCN. The molecule has 2 unspecified atom stereocenters. The first-order valence-electron chi connectivity index (χ1n) is 6.38. The Kier molecular flexibility index (Phi) is 4.17. The number of aliphatic hydroxyl groups excluding tert-OH is 1. The molecular weight excluding hydrogens is 246 g/mol. The first-order valence-corrected chi connectivity index (χ1v) is 6.38.